The van der Waals surface area contributed by atoms with E-state index in [1.165, 1.54) is 17.5 Å². The standard InChI is InChI=1S/C23H32N4O2S/c1-5-24-23(26-16-19-10-11-22(17(2)14-19)30(4,28)29)25-12-13-27-18(3)15-20-8-6-7-9-21(20)27/h6-11,14,18H,5,12-13,15-16H2,1-4H3,(H2,24,25,26). The maximum Gasteiger partial charge on any atom is 0.191 e. The van der Waals surface area contributed by atoms with Gasteiger partial charge in [0, 0.05) is 37.6 Å². The van der Waals surface area contributed by atoms with E-state index in [-0.39, 0.29) is 0 Å². The van der Waals surface area contributed by atoms with Gasteiger partial charge in [0.2, 0.25) is 0 Å². The van der Waals surface area contributed by atoms with Crippen molar-refractivity contribution in [3.63, 3.8) is 0 Å². The van der Waals surface area contributed by atoms with Crippen LogP contribution in [-0.4, -0.2) is 46.3 Å². The van der Waals surface area contributed by atoms with Crippen molar-refractivity contribution in [3.05, 3.63) is 59.2 Å². The SMILES string of the molecule is CCNC(=NCc1ccc(S(C)(=O)=O)c(C)c1)NCCN1c2ccccc2CC1C. The molecule has 0 spiro atoms. The highest BCUT2D eigenvalue weighted by molar-refractivity contribution is 7.90. The van der Waals surface area contributed by atoms with E-state index in [9.17, 15) is 8.42 Å². The minimum absolute atomic E-state index is 0.375. The number of hydrogen-bond donors (Lipinski definition) is 2. The van der Waals surface area contributed by atoms with Crippen LogP contribution in [0.3, 0.4) is 0 Å². The average Bonchev–Trinajstić information content (AvgIpc) is 3.00. The zero-order valence-corrected chi connectivity index (χ0v) is 19.1. The number of nitrogens with one attached hydrogen (secondary N) is 2. The van der Waals surface area contributed by atoms with Crippen LogP contribution in [-0.2, 0) is 22.8 Å². The third-order valence-electron chi connectivity index (χ3n) is 5.40. The summed E-state index contributed by atoms with van der Waals surface area (Å²) < 4.78 is 23.6. The lowest BCUT2D eigenvalue weighted by Crippen LogP contribution is -2.42. The summed E-state index contributed by atoms with van der Waals surface area (Å²) in [6.45, 7) is 9.09. The minimum atomic E-state index is -3.20. The molecule has 0 aromatic heterocycles. The van der Waals surface area contributed by atoms with Gasteiger partial charge in [-0.1, -0.05) is 30.3 Å². The summed E-state index contributed by atoms with van der Waals surface area (Å²) in [5, 5.41) is 6.70. The van der Waals surface area contributed by atoms with Crippen LogP contribution >= 0.6 is 0 Å². The molecule has 7 heteroatoms. The van der Waals surface area contributed by atoms with Crippen LogP contribution in [0, 0.1) is 6.92 Å². The monoisotopic (exact) mass is 428 g/mol. The van der Waals surface area contributed by atoms with Crippen molar-refractivity contribution in [2.24, 2.45) is 4.99 Å². The summed E-state index contributed by atoms with van der Waals surface area (Å²) in [5.74, 6) is 0.766. The molecule has 162 valence electrons. The van der Waals surface area contributed by atoms with Gasteiger partial charge >= 0.3 is 0 Å². The van der Waals surface area contributed by atoms with Gasteiger partial charge in [-0.2, -0.15) is 0 Å². The lowest BCUT2D eigenvalue weighted by atomic mass is 10.1. The molecule has 0 saturated heterocycles. The molecule has 1 unspecified atom stereocenters. The molecule has 0 bridgehead atoms. The average molecular weight is 429 g/mol. The lowest BCUT2D eigenvalue weighted by Gasteiger charge is -2.25. The van der Waals surface area contributed by atoms with E-state index in [4.69, 9.17) is 0 Å². The molecule has 2 aromatic carbocycles. The van der Waals surface area contributed by atoms with Gasteiger partial charge in [0.05, 0.1) is 11.4 Å². The molecule has 2 aromatic rings. The molecule has 0 aliphatic carbocycles. The fraction of sp³-hybridized carbons (Fsp3) is 0.435. The number of guanidine groups is 1. The van der Waals surface area contributed by atoms with Gasteiger partial charge in [-0.3, -0.25) is 0 Å². The van der Waals surface area contributed by atoms with E-state index in [2.05, 4.69) is 51.7 Å². The molecule has 0 fully saturated rings. The third-order valence-corrected chi connectivity index (χ3v) is 6.65. The molecule has 6 nitrogen and oxygen atoms in total. The van der Waals surface area contributed by atoms with Crippen LogP contribution in [0.4, 0.5) is 5.69 Å². The highest BCUT2D eigenvalue weighted by Gasteiger charge is 2.24. The van der Waals surface area contributed by atoms with Crippen molar-refractivity contribution in [3.8, 4) is 0 Å². The first kappa shape index (κ1) is 22.2. The Morgan fingerprint density at radius 2 is 1.97 bits per heavy atom. The number of aryl methyl sites for hydroxylation is 1. The summed E-state index contributed by atoms with van der Waals surface area (Å²) in [4.78, 5) is 7.49. The van der Waals surface area contributed by atoms with Crippen molar-refractivity contribution in [1.29, 1.82) is 0 Å². The second kappa shape index (κ2) is 9.51. The third kappa shape index (κ3) is 5.33. The van der Waals surface area contributed by atoms with Crippen molar-refractivity contribution >= 4 is 21.5 Å². The number of anilines is 1. The normalized spacial score (nSPS) is 16.5. The van der Waals surface area contributed by atoms with Crippen LogP contribution in [0.25, 0.3) is 0 Å². The molecular weight excluding hydrogens is 396 g/mol. The van der Waals surface area contributed by atoms with Gasteiger partial charge in [-0.05, 0) is 56.0 Å². The van der Waals surface area contributed by atoms with Gasteiger partial charge in [0.25, 0.3) is 0 Å². The van der Waals surface area contributed by atoms with E-state index in [1.54, 1.807) is 6.07 Å². The Kier molecular flexibility index (Phi) is 7.02. The van der Waals surface area contributed by atoms with Gasteiger partial charge in [-0.25, -0.2) is 13.4 Å². The molecule has 0 amide bonds. The number of aliphatic imine (C=N–C) groups is 1. The zero-order valence-electron chi connectivity index (χ0n) is 18.3. The van der Waals surface area contributed by atoms with E-state index < -0.39 is 9.84 Å². The largest absolute Gasteiger partial charge is 0.367 e. The minimum Gasteiger partial charge on any atom is -0.367 e. The molecule has 30 heavy (non-hydrogen) atoms. The number of para-hydroxylation sites is 1. The predicted octanol–water partition coefficient (Wildman–Crippen LogP) is 2.90. The molecule has 1 aliphatic heterocycles. The first-order chi connectivity index (χ1) is 14.3. The Morgan fingerprint density at radius 1 is 1.20 bits per heavy atom. The van der Waals surface area contributed by atoms with Gasteiger partial charge in [0.1, 0.15) is 0 Å². The van der Waals surface area contributed by atoms with Crippen molar-refractivity contribution in [2.75, 3.05) is 30.8 Å². The molecule has 1 atom stereocenters. The van der Waals surface area contributed by atoms with Crippen LogP contribution in [0.2, 0.25) is 0 Å². The van der Waals surface area contributed by atoms with Crippen molar-refractivity contribution < 1.29 is 8.42 Å². The molecule has 1 aliphatic rings. The van der Waals surface area contributed by atoms with Gasteiger partial charge in [0.15, 0.2) is 15.8 Å². The number of rotatable bonds is 7. The van der Waals surface area contributed by atoms with E-state index in [1.807, 2.05) is 26.0 Å². The van der Waals surface area contributed by atoms with E-state index in [0.29, 0.717) is 17.5 Å². The Balaban J connectivity index is 1.61. The van der Waals surface area contributed by atoms with E-state index in [0.717, 1.165) is 43.1 Å². The Morgan fingerprint density at radius 3 is 2.67 bits per heavy atom. The number of hydrogen-bond acceptors (Lipinski definition) is 4. The number of fused-ring (bicyclic) bond motifs is 1. The smallest absolute Gasteiger partial charge is 0.191 e. The lowest BCUT2D eigenvalue weighted by molar-refractivity contribution is 0.601. The quantitative estimate of drug-likeness (QED) is 0.524. The molecule has 0 saturated carbocycles. The van der Waals surface area contributed by atoms with Crippen LogP contribution in [0.15, 0.2) is 52.4 Å². The predicted molar refractivity (Wildman–Crippen MR) is 124 cm³/mol. The Bertz CT molecular complexity index is 1020. The van der Waals surface area contributed by atoms with E-state index >= 15 is 0 Å². The highest BCUT2D eigenvalue weighted by Crippen LogP contribution is 2.31. The topological polar surface area (TPSA) is 73.8 Å². The maximum absolute atomic E-state index is 11.8. The number of nitrogens with zero attached hydrogens (tertiary/aromatic N) is 2. The highest BCUT2D eigenvalue weighted by atomic mass is 32.2. The van der Waals surface area contributed by atoms with Crippen LogP contribution < -0.4 is 15.5 Å². The molecular formula is C23H32N4O2S. The Labute approximate surface area is 180 Å². The molecule has 1 heterocycles. The van der Waals surface area contributed by atoms with Gasteiger partial charge in [-0.15, -0.1) is 0 Å². The second-order valence-electron chi connectivity index (χ2n) is 7.87. The second-order valence-corrected chi connectivity index (χ2v) is 9.85. The number of benzene rings is 2. The number of sulfone groups is 1. The van der Waals surface area contributed by atoms with Crippen LogP contribution in [0.1, 0.15) is 30.5 Å². The van der Waals surface area contributed by atoms with Crippen molar-refractivity contribution in [2.45, 2.75) is 44.7 Å². The first-order valence-corrected chi connectivity index (χ1v) is 12.3. The summed E-state index contributed by atoms with van der Waals surface area (Å²) in [6.07, 6.45) is 2.33. The summed E-state index contributed by atoms with van der Waals surface area (Å²) in [5.41, 5.74) is 4.48. The van der Waals surface area contributed by atoms with Crippen molar-refractivity contribution in [1.82, 2.24) is 10.6 Å². The fourth-order valence-corrected chi connectivity index (χ4v) is 4.96. The van der Waals surface area contributed by atoms with Crippen LogP contribution in [0.5, 0.6) is 0 Å². The first-order valence-electron chi connectivity index (χ1n) is 10.5. The maximum atomic E-state index is 11.8. The summed E-state index contributed by atoms with van der Waals surface area (Å²) in [6, 6.07) is 14.5. The van der Waals surface area contributed by atoms with Gasteiger partial charge < -0.3 is 15.5 Å². The zero-order chi connectivity index (χ0) is 21.7. The molecule has 3 rings (SSSR count). The Hall–Kier alpha value is -2.54. The fourth-order valence-electron chi connectivity index (χ4n) is 4.00. The summed E-state index contributed by atoms with van der Waals surface area (Å²) in [7, 11) is -3.20. The molecule has 0 radical (unpaired) electrons. The summed E-state index contributed by atoms with van der Waals surface area (Å²) >= 11 is 0. The molecule has 2 N–H and O–H groups in total.